The number of hydrogen-bond acceptors (Lipinski definition) is 8. The monoisotopic (exact) mass is 374 g/mol. The SMILES string of the molecule is CCc1nnc(NC(=O)c2sc3ncnc(N4CCCC4)c3c2C)s1. The number of fused-ring (bicyclic) bond motifs is 1. The van der Waals surface area contributed by atoms with Crippen LogP contribution in [0.1, 0.15) is 40.0 Å². The minimum Gasteiger partial charge on any atom is -0.356 e. The van der Waals surface area contributed by atoms with Crippen LogP contribution in [-0.4, -0.2) is 39.2 Å². The van der Waals surface area contributed by atoms with Crippen LogP contribution in [0.4, 0.5) is 10.9 Å². The number of aromatic nitrogens is 4. The zero-order valence-electron chi connectivity index (χ0n) is 14.1. The highest BCUT2D eigenvalue weighted by Gasteiger charge is 2.23. The lowest BCUT2D eigenvalue weighted by Gasteiger charge is -2.17. The molecule has 9 heteroatoms. The summed E-state index contributed by atoms with van der Waals surface area (Å²) in [5.74, 6) is 0.783. The van der Waals surface area contributed by atoms with Gasteiger partial charge in [-0.1, -0.05) is 18.3 Å². The van der Waals surface area contributed by atoms with Gasteiger partial charge in [-0.2, -0.15) is 0 Å². The van der Waals surface area contributed by atoms with Crippen molar-refractivity contribution in [1.29, 1.82) is 0 Å². The average molecular weight is 374 g/mol. The molecular formula is C16H18N6OS2. The van der Waals surface area contributed by atoms with Gasteiger partial charge in [0.25, 0.3) is 5.91 Å². The minimum absolute atomic E-state index is 0.160. The van der Waals surface area contributed by atoms with Crippen LogP contribution in [0.2, 0.25) is 0 Å². The van der Waals surface area contributed by atoms with Crippen molar-refractivity contribution >= 4 is 49.7 Å². The standard InChI is InChI=1S/C16H18N6OS2/c1-3-10-20-21-16(24-10)19-14(23)12-9(2)11-13(22-6-4-5-7-22)17-8-18-15(11)25-12/h8H,3-7H2,1-2H3,(H,19,21,23). The maximum absolute atomic E-state index is 12.7. The summed E-state index contributed by atoms with van der Waals surface area (Å²) in [6, 6.07) is 0. The van der Waals surface area contributed by atoms with Crippen molar-refractivity contribution in [2.24, 2.45) is 0 Å². The predicted molar refractivity (Wildman–Crippen MR) is 101 cm³/mol. The minimum atomic E-state index is -0.160. The van der Waals surface area contributed by atoms with Gasteiger partial charge in [-0.25, -0.2) is 9.97 Å². The van der Waals surface area contributed by atoms with Gasteiger partial charge in [-0.3, -0.25) is 10.1 Å². The smallest absolute Gasteiger partial charge is 0.267 e. The van der Waals surface area contributed by atoms with Gasteiger partial charge in [-0.05, 0) is 31.7 Å². The van der Waals surface area contributed by atoms with E-state index in [9.17, 15) is 4.79 Å². The second-order valence-corrected chi connectivity index (χ2v) is 8.00. The molecule has 0 saturated carbocycles. The van der Waals surface area contributed by atoms with E-state index in [1.807, 2.05) is 13.8 Å². The Morgan fingerprint density at radius 1 is 1.24 bits per heavy atom. The summed E-state index contributed by atoms with van der Waals surface area (Å²) in [5, 5.41) is 13.4. The van der Waals surface area contributed by atoms with Crippen LogP contribution >= 0.6 is 22.7 Å². The first-order valence-corrected chi connectivity index (χ1v) is 9.93. The summed E-state index contributed by atoms with van der Waals surface area (Å²) in [6.07, 6.45) is 4.76. The first-order valence-electron chi connectivity index (χ1n) is 8.30. The second-order valence-electron chi connectivity index (χ2n) is 5.94. The first-order chi connectivity index (χ1) is 12.2. The van der Waals surface area contributed by atoms with E-state index < -0.39 is 0 Å². The molecular weight excluding hydrogens is 356 g/mol. The predicted octanol–water partition coefficient (Wildman–Crippen LogP) is 3.27. The Bertz CT molecular complexity index is 928. The fourth-order valence-corrected chi connectivity index (χ4v) is 4.75. The van der Waals surface area contributed by atoms with E-state index in [4.69, 9.17) is 0 Å². The Hall–Kier alpha value is -2.13. The molecule has 0 radical (unpaired) electrons. The summed E-state index contributed by atoms with van der Waals surface area (Å²) in [6.45, 7) is 6.00. The van der Waals surface area contributed by atoms with Crippen molar-refractivity contribution in [1.82, 2.24) is 20.2 Å². The lowest BCUT2D eigenvalue weighted by Crippen LogP contribution is -2.19. The van der Waals surface area contributed by atoms with Gasteiger partial charge in [0.15, 0.2) is 0 Å². The van der Waals surface area contributed by atoms with Crippen molar-refractivity contribution in [2.45, 2.75) is 33.1 Å². The molecule has 1 fully saturated rings. The molecule has 1 saturated heterocycles. The normalized spacial score (nSPS) is 14.4. The lowest BCUT2D eigenvalue weighted by atomic mass is 10.2. The van der Waals surface area contributed by atoms with Gasteiger partial charge in [0.1, 0.15) is 22.0 Å². The molecule has 1 aliphatic heterocycles. The van der Waals surface area contributed by atoms with Crippen LogP contribution in [0.15, 0.2) is 6.33 Å². The molecule has 1 amide bonds. The van der Waals surface area contributed by atoms with Crippen LogP contribution in [0, 0.1) is 6.92 Å². The molecule has 130 valence electrons. The molecule has 0 bridgehead atoms. The van der Waals surface area contributed by atoms with Gasteiger partial charge in [0.05, 0.1) is 10.3 Å². The van der Waals surface area contributed by atoms with Crippen molar-refractivity contribution in [3.8, 4) is 0 Å². The van der Waals surface area contributed by atoms with Crippen molar-refractivity contribution in [3.05, 3.63) is 21.8 Å². The third-order valence-electron chi connectivity index (χ3n) is 4.31. The number of hydrogen-bond donors (Lipinski definition) is 1. The molecule has 1 aliphatic rings. The fourth-order valence-electron chi connectivity index (χ4n) is 3.04. The lowest BCUT2D eigenvalue weighted by molar-refractivity contribution is 0.103. The number of nitrogens with zero attached hydrogens (tertiary/aromatic N) is 5. The quantitative estimate of drug-likeness (QED) is 0.754. The fraction of sp³-hybridized carbons (Fsp3) is 0.438. The molecule has 1 N–H and O–H groups in total. The van der Waals surface area contributed by atoms with Crippen LogP contribution in [-0.2, 0) is 6.42 Å². The number of amides is 1. The largest absolute Gasteiger partial charge is 0.356 e. The number of nitrogens with one attached hydrogen (secondary N) is 1. The third kappa shape index (κ3) is 2.98. The highest BCUT2D eigenvalue weighted by Crippen LogP contribution is 2.36. The Morgan fingerprint density at radius 3 is 2.76 bits per heavy atom. The van der Waals surface area contributed by atoms with E-state index in [-0.39, 0.29) is 5.91 Å². The van der Waals surface area contributed by atoms with E-state index in [1.165, 1.54) is 35.5 Å². The first kappa shape index (κ1) is 16.3. The number of thiophene rings is 1. The molecule has 0 unspecified atom stereocenters. The summed E-state index contributed by atoms with van der Waals surface area (Å²) >= 11 is 2.81. The van der Waals surface area contributed by atoms with Crippen LogP contribution < -0.4 is 10.2 Å². The van der Waals surface area contributed by atoms with Gasteiger partial charge in [0.2, 0.25) is 5.13 Å². The average Bonchev–Trinajstić information content (AvgIpc) is 3.35. The molecule has 25 heavy (non-hydrogen) atoms. The highest BCUT2D eigenvalue weighted by atomic mass is 32.1. The molecule has 3 aromatic heterocycles. The van der Waals surface area contributed by atoms with E-state index >= 15 is 0 Å². The Labute approximate surface area is 153 Å². The summed E-state index contributed by atoms with van der Waals surface area (Å²) < 4.78 is 0. The third-order valence-corrected chi connectivity index (χ3v) is 6.49. The van der Waals surface area contributed by atoms with Crippen molar-refractivity contribution < 1.29 is 4.79 Å². The maximum Gasteiger partial charge on any atom is 0.267 e. The van der Waals surface area contributed by atoms with E-state index in [0.29, 0.717) is 10.0 Å². The Morgan fingerprint density at radius 2 is 2.04 bits per heavy atom. The van der Waals surface area contributed by atoms with E-state index in [0.717, 1.165) is 46.1 Å². The van der Waals surface area contributed by atoms with Crippen LogP contribution in [0.25, 0.3) is 10.2 Å². The van der Waals surface area contributed by atoms with Gasteiger partial charge in [0, 0.05) is 13.1 Å². The molecule has 0 spiro atoms. The van der Waals surface area contributed by atoms with Crippen molar-refractivity contribution in [2.75, 3.05) is 23.3 Å². The number of carbonyl (C=O) groups excluding carboxylic acids is 1. The van der Waals surface area contributed by atoms with Gasteiger partial charge in [-0.15, -0.1) is 21.5 Å². The molecule has 0 aromatic carbocycles. The molecule has 4 rings (SSSR count). The maximum atomic E-state index is 12.7. The Kier molecular flexibility index (Phi) is 4.34. The molecule has 0 atom stereocenters. The molecule has 7 nitrogen and oxygen atoms in total. The van der Waals surface area contributed by atoms with Crippen molar-refractivity contribution in [3.63, 3.8) is 0 Å². The van der Waals surface area contributed by atoms with Crippen LogP contribution in [0.5, 0.6) is 0 Å². The zero-order chi connectivity index (χ0) is 17.4. The highest BCUT2D eigenvalue weighted by molar-refractivity contribution is 7.21. The second kappa shape index (κ2) is 6.64. The van der Waals surface area contributed by atoms with Gasteiger partial charge >= 0.3 is 0 Å². The zero-order valence-corrected chi connectivity index (χ0v) is 15.7. The number of rotatable bonds is 4. The topological polar surface area (TPSA) is 83.9 Å². The number of aryl methyl sites for hydroxylation is 2. The van der Waals surface area contributed by atoms with E-state index in [1.54, 1.807) is 6.33 Å². The molecule has 4 heterocycles. The van der Waals surface area contributed by atoms with Crippen LogP contribution in [0.3, 0.4) is 0 Å². The molecule has 3 aromatic rings. The number of anilines is 2. The summed E-state index contributed by atoms with van der Waals surface area (Å²) in [5.41, 5.74) is 0.931. The molecule has 0 aliphatic carbocycles. The van der Waals surface area contributed by atoms with E-state index in [2.05, 4.69) is 30.4 Å². The Balaban J connectivity index is 1.69. The summed E-state index contributed by atoms with van der Waals surface area (Å²) in [4.78, 5) is 25.4. The summed E-state index contributed by atoms with van der Waals surface area (Å²) in [7, 11) is 0. The number of carbonyl (C=O) groups is 1. The van der Waals surface area contributed by atoms with Gasteiger partial charge < -0.3 is 4.90 Å².